The van der Waals surface area contributed by atoms with E-state index in [9.17, 15) is 4.79 Å². The molecule has 2 rings (SSSR count). The van der Waals surface area contributed by atoms with E-state index in [2.05, 4.69) is 16.4 Å². The largest absolute Gasteiger partial charge is 0.494 e. The van der Waals surface area contributed by atoms with Gasteiger partial charge in [-0.05, 0) is 69.4 Å². The summed E-state index contributed by atoms with van der Waals surface area (Å²) < 4.78 is 11.0. The number of rotatable bonds is 8. The van der Waals surface area contributed by atoms with Crippen molar-refractivity contribution in [2.45, 2.75) is 45.6 Å². The van der Waals surface area contributed by atoms with Gasteiger partial charge in [0, 0.05) is 18.9 Å². The molecule has 0 saturated carbocycles. The van der Waals surface area contributed by atoms with Crippen LogP contribution in [0.4, 0.5) is 4.79 Å². The van der Waals surface area contributed by atoms with E-state index in [-0.39, 0.29) is 6.09 Å². The first-order chi connectivity index (χ1) is 12.4. The van der Waals surface area contributed by atoms with Crippen molar-refractivity contribution in [1.29, 1.82) is 0 Å². The molecule has 0 atom stereocenters. The molecule has 1 amide bonds. The molecule has 0 saturated heterocycles. The van der Waals surface area contributed by atoms with Crippen LogP contribution in [0.5, 0.6) is 5.75 Å². The van der Waals surface area contributed by atoms with E-state index in [1.807, 2.05) is 57.3 Å². The average Bonchev–Trinajstić information content (AvgIpc) is 2.59. The van der Waals surface area contributed by atoms with Gasteiger partial charge >= 0.3 is 6.09 Å². The molecule has 0 aliphatic heterocycles. The van der Waals surface area contributed by atoms with E-state index in [1.165, 1.54) is 5.56 Å². The van der Waals surface area contributed by atoms with Crippen molar-refractivity contribution in [3.63, 3.8) is 0 Å². The number of amides is 1. The maximum absolute atomic E-state index is 11.6. The number of carbonyl (C=O) groups excluding carboxylic acids is 1. The van der Waals surface area contributed by atoms with Crippen molar-refractivity contribution in [2.24, 2.45) is 0 Å². The summed E-state index contributed by atoms with van der Waals surface area (Å²) in [4.78, 5) is 15.7. The Morgan fingerprint density at radius 2 is 1.85 bits per heavy atom. The van der Waals surface area contributed by atoms with E-state index in [0.29, 0.717) is 13.2 Å². The van der Waals surface area contributed by atoms with Crippen LogP contribution in [0, 0.1) is 0 Å². The van der Waals surface area contributed by atoms with Gasteiger partial charge in [0.1, 0.15) is 11.4 Å². The van der Waals surface area contributed by atoms with Gasteiger partial charge in [-0.15, -0.1) is 0 Å². The number of aryl methyl sites for hydroxylation is 1. The number of benzene rings is 1. The minimum absolute atomic E-state index is 0.383. The minimum atomic E-state index is -0.472. The fraction of sp³-hybridized carbons (Fsp3) is 0.429. The van der Waals surface area contributed by atoms with Crippen LogP contribution in [-0.2, 0) is 17.6 Å². The maximum atomic E-state index is 11.6. The molecular formula is C21H28N2O3. The Bertz CT molecular complexity index is 664. The standard InChI is InChI=1S/C21H28N2O3/c1-21(2,3)26-20(24)23-14-12-17-8-10-19(11-9-17)25-15-5-7-18-6-4-13-22-16-18/h4,6,8-11,13,16H,5,7,12,14-15H2,1-3H3,(H,23,24). The monoisotopic (exact) mass is 356 g/mol. The smallest absolute Gasteiger partial charge is 0.407 e. The number of nitrogens with one attached hydrogen (secondary N) is 1. The Labute approximate surface area is 155 Å². The first kappa shape index (κ1) is 19.8. The molecule has 0 spiro atoms. The van der Waals surface area contributed by atoms with Gasteiger partial charge < -0.3 is 14.8 Å². The van der Waals surface area contributed by atoms with Gasteiger partial charge in [-0.1, -0.05) is 18.2 Å². The number of hydrogen-bond acceptors (Lipinski definition) is 4. The molecule has 2 aromatic rings. The molecule has 1 aromatic carbocycles. The molecule has 26 heavy (non-hydrogen) atoms. The molecular weight excluding hydrogens is 328 g/mol. The molecule has 5 nitrogen and oxygen atoms in total. The highest BCUT2D eigenvalue weighted by molar-refractivity contribution is 5.67. The van der Waals surface area contributed by atoms with E-state index < -0.39 is 5.60 Å². The molecule has 0 bridgehead atoms. The highest BCUT2D eigenvalue weighted by atomic mass is 16.6. The Hall–Kier alpha value is -2.56. The fourth-order valence-corrected chi connectivity index (χ4v) is 2.39. The summed E-state index contributed by atoms with van der Waals surface area (Å²) in [5.74, 6) is 0.861. The summed E-state index contributed by atoms with van der Waals surface area (Å²) in [6.07, 6.45) is 5.95. The van der Waals surface area contributed by atoms with Gasteiger partial charge in [0.05, 0.1) is 6.61 Å². The normalized spacial score (nSPS) is 11.0. The fourth-order valence-electron chi connectivity index (χ4n) is 2.39. The first-order valence-electron chi connectivity index (χ1n) is 9.00. The third-order valence-corrected chi connectivity index (χ3v) is 3.61. The van der Waals surface area contributed by atoms with E-state index in [1.54, 1.807) is 6.20 Å². The van der Waals surface area contributed by atoms with Crippen LogP contribution in [0.25, 0.3) is 0 Å². The van der Waals surface area contributed by atoms with Gasteiger partial charge in [-0.3, -0.25) is 4.98 Å². The van der Waals surface area contributed by atoms with Crippen LogP contribution >= 0.6 is 0 Å². The Morgan fingerprint density at radius 3 is 2.50 bits per heavy atom. The van der Waals surface area contributed by atoms with Crippen LogP contribution in [0.2, 0.25) is 0 Å². The number of ether oxygens (including phenoxy) is 2. The molecule has 5 heteroatoms. The minimum Gasteiger partial charge on any atom is -0.494 e. The van der Waals surface area contributed by atoms with Crippen molar-refractivity contribution in [3.05, 3.63) is 59.9 Å². The highest BCUT2D eigenvalue weighted by Gasteiger charge is 2.15. The zero-order chi connectivity index (χ0) is 18.8. The SMILES string of the molecule is CC(C)(C)OC(=O)NCCc1ccc(OCCCc2cccnc2)cc1. The van der Waals surface area contributed by atoms with E-state index in [4.69, 9.17) is 9.47 Å². The topological polar surface area (TPSA) is 60.5 Å². The predicted octanol–water partition coefficient (Wildman–Crippen LogP) is 4.16. The van der Waals surface area contributed by atoms with Gasteiger partial charge in [0.25, 0.3) is 0 Å². The quantitative estimate of drug-likeness (QED) is 0.722. The second-order valence-electron chi connectivity index (χ2n) is 7.14. The van der Waals surface area contributed by atoms with Crippen molar-refractivity contribution >= 4 is 6.09 Å². The Morgan fingerprint density at radius 1 is 1.08 bits per heavy atom. The molecule has 0 radical (unpaired) electrons. The summed E-state index contributed by atoms with van der Waals surface area (Å²) in [7, 11) is 0. The van der Waals surface area contributed by atoms with Crippen LogP contribution in [0.15, 0.2) is 48.8 Å². The average molecular weight is 356 g/mol. The summed E-state index contributed by atoms with van der Waals surface area (Å²) >= 11 is 0. The molecule has 0 aliphatic carbocycles. The van der Waals surface area contributed by atoms with Gasteiger partial charge in [-0.25, -0.2) is 4.79 Å². The first-order valence-corrected chi connectivity index (χ1v) is 9.00. The molecule has 140 valence electrons. The molecule has 1 aromatic heterocycles. The van der Waals surface area contributed by atoms with E-state index in [0.717, 1.165) is 30.6 Å². The number of pyridine rings is 1. The zero-order valence-corrected chi connectivity index (χ0v) is 15.8. The lowest BCUT2D eigenvalue weighted by Crippen LogP contribution is -2.33. The van der Waals surface area contributed by atoms with Crippen LogP contribution in [0.1, 0.15) is 38.3 Å². The maximum Gasteiger partial charge on any atom is 0.407 e. The van der Waals surface area contributed by atoms with Gasteiger partial charge in [0.2, 0.25) is 0 Å². The van der Waals surface area contributed by atoms with Crippen molar-refractivity contribution in [3.8, 4) is 5.75 Å². The van der Waals surface area contributed by atoms with Gasteiger partial charge in [-0.2, -0.15) is 0 Å². The summed E-state index contributed by atoms with van der Waals surface area (Å²) in [5.41, 5.74) is 1.90. The number of nitrogens with zero attached hydrogens (tertiary/aromatic N) is 1. The second-order valence-corrected chi connectivity index (χ2v) is 7.14. The summed E-state index contributed by atoms with van der Waals surface area (Å²) in [6, 6.07) is 12.0. The second kappa shape index (κ2) is 9.80. The third-order valence-electron chi connectivity index (χ3n) is 3.61. The summed E-state index contributed by atoms with van der Waals surface area (Å²) in [5, 5.41) is 2.76. The number of hydrogen-bond donors (Lipinski definition) is 1. The van der Waals surface area contributed by atoms with Crippen molar-refractivity contribution in [2.75, 3.05) is 13.2 Å². The number of aromatic nitrogens is 1. The molecule has 0 unspecified atom stereocenters. The molecule has 0 aliphatic rings. The Kier molecular flexibility index (Phi) is 7.45. The lowest BCUT2D eigenvalue weighted by Gasteiger charge is -2.19. The van der Waals surface area contributed by atoms with Gasteiger partial charge in [0.15, 0.2) is 0 Å². The zero-order valence-electron chi connectivity index (χ0n) is 15.8. The predicted molar refractivity (Wildman–Crippen MR) is 102 cm³/mol. The number of alkyl carbamates (subject to hydrolysis) is 1. The molecule has 0 fully saturated rings. The van der Waals surface area contributed by atoms with Crippen molar-refractivity contribution in [1.82, 2.24) is 10.3 Å². The highest BCUT2D eigenvalue weighted by Crippen LogP contribution is 2.13. The molecule has 1 heterocycles. The lowest BCUT2D eigenvalue weighted by atomic mass is 10.1. The molecule has 1 N–H and O–H groups in total. The lowest BCUT2D eigenvalue weighted by molar-refractivity contribution is 0.0528. The van der Waals surface area contributed by atoms with Crippen molar-refractivity contribution < 1.29 is 14.3 Å². The number of carbonyl (C=O) groups is 1. The third kappa shape index (κ3) is 8.01. The van der Waals surface area contributed by atoms with Crippen LogP contribution in [0.3, 0.4) is 0 Å². The van der Waals surface area contributed by atoms with E-state index >= 15 is 0 Å². The van der Waals surface area contributed by atoms with Crippen LogP contribution < -0.4 is 10.1 Å². The van der Waals surface area contributed by atoms with Crippen LogP contribution in [-0.4, -0.2) is 29.8 Å². The Balaban J connectivity index is 1.64. The summed E-state index contributed by atoms with van der Waals surface area (Å²) in [6.45, 7) is 6.76.